The number of nitrogens with one attached hydrogen (secondary N) is 1. The highest BCUT2D eigenvalue weighted by molar-refractivity contribution is 7.92. The van der Waals surface area contributed by atoms with Crippen molar-refractivity contribution in [3.05, 3.63) is 90.0 Å². The smallest absolute Gasteiger partial charge is 0.264 e. The number of benzene rings is 3. The number of hydrogen-bond donors (Lipinski definition) is 1. The summed E-state index contributed by atoms with van der Waals surface area (Å²) < 4.78 is 34.2. The van der Waals surface area contributed by atoms with Gasteiger partial charge in [-0.1, -0.05) is 56.3 Å². The van der Waals surface area contributed by atoms with Gasteiger partial charge in [-0.25, -0.2) is 8.42 Å². The Bertz CT molecular complexity index is 1390. The quantitative estimate of drug-likeness (QED) is 0.317. The number of carbonyl (C=O) groups is 2. The molecule has 0 saturated heterocycles. The number of nitrogens with zero attached hydrogens (tertiary/aromatic N) is 2. The van der Waals surface area contributed by atoms with E-state index >= 15 is 0 Å². The first-order chi connectivity index (χ1) is 19.1. The lowest BCUT2D eigenvalue weighted by atomic mass is 10.1. The lowest BCUT2D eigenvalue weighted by molar-refractivity contribution is -0.140. The Morgan fingerprint density at radius 2 is 1.62 bits per heavy atom. The maximum Gasteiger partial charge on any atom is 0.264 e. The maximum atomic E-state index is 14.1. The lowest BCUT2D eigenvalue weighted by Crippen LogP contribution is -2.53. The summed E-state index contributed by atoms with van der Waals surface area (Å²) in [5.74, 6) is -0.147. The van der Waals surface area contributed by atoms with Gasteiger partial charge >= 0.3 is 0 Å². The predicted octanol–water partition coefficient (Wildman–Crippen LogP) is 4.92. The molecule has 0 unspecified atom stereocenters. The third-order valence-electron chi connectivity index (χ3n) is 6.77. The molecule has 0 radical (unpaired) electrons. The van der Waals surface area contributed by atoms with Gasteiger partial charge in [0.1, 0.15) is 18.3 Å². The fourth-order valence-corrected chi connectivity index (χ4v) is 5.79. The monoisotopic (exact) mass is 565 g/mol. The van der Waals surface area contributed by atoms with E-state index in [1.807, 2.05) is 45.9 Å². The summed E-state index contributed by atoms with van der Waals surface area (Å²) in [4.78, 5) is 29.0. The van der Waals surface area contributed by atoms with Crippen LogP contribution in [0.3, 0.4) is 0 Å². The Morgan fingerprint density at radius 1 is 0.925 bits per heavy atom. The van der Waals surface area contributed by atoms with Crippen molar-refractivity contribution in [3.63, 3.8) is 0 Å². The molecular weight excluding hydrogens is 526 g/mol. The van der Waals surface area contributed by atoms with E-state index in [2.05, 4.69) is 5.32 Å². The first-order valence-corrected chi connectivity index (χ1v) is 14.9. The number of ether oxygens (including phenoxy) is 1. The van der Waals surface area contributed by atoms with Crippen LogP contribution in [0.2, 0.25) is 0 Å². The van der Waals surface area contributed by atoms with Crippen LogP contribution in [0.15, 0.2) is 83.8 Å². The second-order valence-electron chi connectivity index (χ2n) is 9.78. The minimum atomic E-state index is -4.09. The zero-order valence-corrected chi connectivity index (χ0v) is 24.6. The van der Waals surface area contributed by atoms with Crippen molar-refractivity contribution in [1.29, 1.82) is 0 Å². The van der Waals surface area contributed by atoms with Crippen LogP contribution in [0.25, 0.3) is 0 Å². The molecule has 8 nitrogen and oxygen atoms in total. The zero-order valence-electron chi connectivity index (χ0n) is 23.8. The Hall–Kier alpha value is -3.85. The topological polar surface area (TPSA) is 96.0 Å². The second kappa shape index (κ2) is 14.0. The fourth-order valence-electron chi connectivity index (χ4n) is 4.36. The van der Waals surface area contributed by atoms with E-state index in [9.17, 15) is 18.0 Å². The van der Waals surface area contributed by atoms with E-state index < -0.39 is 28.5 Å². The number of sulfonamides is 1. The van der Waals surface area contributed by atoms with E-state index in [1.165, 1.54) is 17.0 Å². The Balaban J connectivity index is 2.06. The van der Waals surface area contributed by atoms with Gasteiger partial charge in [0.25, 0.3) is 10.0 Å². The minimum Gasteiger partial charge on any atom is -0.497 e. The van der Waals surface area contributed by atoms with Gasteiger partial charge in [-0.05, 0) is 74.2 Å². The highest BCUT2D eigenvalue weighted by atomic mass is 32.2. The van der Waals surface area contributed by atoms with Crippen molar-refractivity contribution in [3.8, 4) is 5.75 Å². The predicted molar refractivity (Wildman–Crippen MR) is 158 cm³/mol. The van der Waals surface area contributed by atoms with Gasteiger partial charge in [0, 0.05) is 12.6 Å². The molecule has 9 heteroatoms. The molecule has 0 spiro atoms. The first kappa shape index (κ1) is 30.7. The van der Waals surface area contributed by atoms with Crippen molar-refractivity contribution in [2.75, 3.05) is 18.0 Å². The molecule has 40 heavy (non-hydrogen) atoms. The zero-order chi connectivity index (χ0) is 29.3. The number of methoxy groups -OCH3 is 1. The molecular formula is C31H39N3O5S. The average molecular weight is 566 g/mol. The fraction of sp³-hybridized carbons (Fsp3) is 0.355. The summed E-state index contributed by atoms with van der Waals surface area (Å²) in [5, 5.41) is 2.98. The molecule has 0 fully saturated rings. The van der Waals surface area contributed by atoms with Crippen molar-refractivity contribution >= 4 is 27.5 Å². The van der Waals surface area contributed by atoms with Gasteiger partial charge in [0.2, 0.25) is 11.8 Å². The van der Waals surface area contributed by atoms with Crippen molar-refractivity contribution in [2.24, 2.45) is 0 Å². The van der Waals surface area contributed by atoms with Crippen molar-refractivity contribution < 1.29 is 22.7 Å². The molecule has 0 aliphatic carbocycles. The molecule has 0 heterocycles. The van der Waals surface area contributed by atoms with Crippen LogP contribution in [0.4, 0.5) is 5.69 Å². The highest BCUT2D eigenvalue weighted by Gasteiger charge is 2.34. The number of aryl methyl sites for hydroxylation is 1. The molecule has 2 amide bonds. The van der Waals surface area contributed by atoms with Crippen LogP contribution < -0.4 is 14.4 Å². The van der Waals surface area contributed by atoms with Crippen LogP contribution >= 0.6 is 0 Å². The molecule has 3 rings (SSSR count). The molecule has 3 aromatic rings. The SMILES string of the molecule is CC[C@H](C)NC(=O)[C@H](CC)N(Cc1cccc(OC)c1)C(=O)CN(c1cccc(C)c1)S(=O)(=O)c1ccccc1. The third-order valence-corrected chi connectivity index (χ3v) is 8.56. The molecule has 0 bridgehead atoms. The van der Waals surface area contributed by atoms with Crippen LogP contribution in [0, 0.1) is 6.92 Å². The van der Waals surface area contributed by atoms with Crippen molar-refractivity contribution in [1.82, 2.24) is 10.2 Å². The summed E-state index contributed by atoms with van der Waals surface area (Å²) in [7, 11) is -2.53. The minimum absolute atomic E-state index is 0.0717. The van der Waals surface area contributed by atoms with Gasteiger partial charge in [-0.15, -0.1) is 0 Å². The molecule has 0 saturated carbocycles. The highest BCUT2D eigenvalue weighted by Crippen LogP contribution is 2.26. The van der Waals surface area contributed by atoms with Gasteiger partial charge < -0.3 is 15.0 Å². The molecule has 0 aromatic heterocycles. The standard InChI is InChI=1S/C31H39N3O5S/c1-6-24(4)32-31(36)29(7-2)33(21-25-14-12-16-27(20-25)39-5)30(35)22-34(26-15-11-13-23(3)19-26)40(37,38)28-17-9-8-10-18-28/h8-20,24,29H,6-7,21-22H2,1-5H3,(H,32,36)/t24-,29-/m0/s1. The van der Waals surface area contributed by atoms with E-state index in [0.717, 1.165) is 21.9 Å². The number of hydrogen-bond acceptors (Lipinski definition) is 5. The van der Waals surface area contributed by atoms with Crippen LogP contribution in [-0.4, -0.2) is 50.9 Å². The normalized spacial score (nSPS) is 12.7. The van der Waals surface area contributed by atoms with E-state index in [0.29, 0.717) is 17.9 Å². The van der Waals surface area contributed by atoms with Crippen LogP contribution in [0.1, 0.15) is 44.7 Å². The van der Waals surface area contributed by atoms with Gasteiger partial charge in [-0.3, -0.25) is 13.9 Å². The number of anilines is 1. The van der Waals surface area contributed by atoms with Crippen LogP contribution in [0.5, 0.6) is 5.75 Å². The average Bonchev–Trinajstić information content (AvgIpc) is 2.96. The molecule has 3 aromatic carbocycles. The maximum absolute atomic E-state index is 14.1. The molecule has 1 N–H and O–H groups in total. The number of carbonyl (C=O) groups excluding carboxylic acids is 2. The van der Waals surface area contributed by atoms with E-state index in [1.54, 1.807) is 55.6 Å². The largest absolute Gasteiger partial charge is 0.497 e. The summed E-state index contributed by atoms with van der Waals surface area (Å²) >= 11 is 0. The van der Waals surface area contributed by atoms with Gasteiger partial charge in [0.05, 0.1) is 17.7 Å². The van der Waals surface area contributed by atoms with Gasteiger partial charge in [-0.2, -0.15) is 0 Å². The molecule has 214 valence electrons. The van der Waals surface area contributed by atoms with E-state index in [-0.39, 0.29) is 23.4 Å². The van der Waals surface area contributed by atoms with Crippen LogP contribution in [-0.2, 0) is 26.2 Å². The molecule has 0 aliphatic rings. The third kappa shape index (κ3) is 7.63. The van der Waals surface area contributed by atoms with Gasteiger partial charge in [0.15, 0.2) is 0 Å². The first-order valence-electron chi connectivity index (χ1n) is 13.5. The summed E-state index contributed by atoms with van der Waals surface area (Å²) in [5.41, 5.74) is 1.98. The lowest BCUT2D eigenvalue weighted by Gasteiger charge is -2.33. The van der Waals surface area contributed by atoms with Crippen molar-refractivity contribution in [2.45, 2.75) is 64.1 Å². The summed E-state index contributed by atoms with van der Waals surface area (Å²) in [6.07, 6.45) is 1.09. The number of amides is 2. The summed E-state index contributed by atoms with van der Waals surface area (Å²) in [6.45, 7) is 7.21. The Kier molecular flexibility index (Phi) is 10.7. The Labute approximate surface area is 238 Å². The van der Waals surface area contributed by atoms with E-state index in [4.69, 9.17) is 4.74 Å². The summed E-state index contributed by atoms with van der Waals surface area (Å²) in [6, 6.07) is 21.4. The molecule has 2 atom stereocenters. The second-order valence-corrected chi connectivity index (χ2v) is 11.6. The molecule has 0 aliphatic heterocycles. The number of rotatable bonds is 13. The Morgan fingerprint density at radius 3 is 2.25 bits per heavy atom.